The molecular formula is C15H30N4. The lowest BCUT2D eigenvalue weighted by Crippen LogP contribution is -2.15. The molecule has 1 rings (SSSR count). The van der Waals surface area contributed by atoms with Crippen LogP contribution >= 0.6 is 0 Å². The van der Waals surface area contributed by atoms with Crippen LogP contribution in [0.3, 0.4) is 0 Å². The zero-order valence-corrected chi connectivity index (χ0v) is 12.6. The quantitative estimate of drug-likeness (QED) is 0.503. The van der Waals surface area contributed by atoms with Crippen molar-refractivity contribution in [1.29, 1.82) is 0 Å². The minimum Gasteiger partial charge on any atom is -0.382 e. The molecule has 4 heteroatoms. The predicted molar refractivity (Wildman–Crippen MR) is 82.5 cm³/mol. The van der Waals surface area contributed by atoms with Gasteiger partial charge in [0, 0.05) is 6.42 Å². The van der Waals surface area contributed by atoms with Crippen molar-refractivity contribution in [2.45, 2.75) is 78.1 Å². The van der Waals surface area contributed by atoms with Crippen LogP contribution in [0.5, 0.6) is 0 Å². The minimum atomic E-state index is 0.648. The molecule has 0 bridgehead atoms. The Morgan fingerprint density at radius 1 is 0.895 bits per heavy atom. The summed E-state index contributed by atoms with van der Waals surface area (Å²) in [5.41, 5.74) is 6.98. The van der Waals surface area contributed by atoms with Crippen LogP contribution in [0.4, 0.5) is 5.82 Å². The van der Waals surface area contributed by atoms with Gasteiger partial charge in [-0.05, 0) is 19.3 Å². The molecule has 1 aromatic rings. The first-order valence-corrected chi connectivity index (χ1v) is 7.81. The van der Waals surface area contributed by atoms with Gasteiger partial charge in [0.25, 0.3) is 0 Å². The molecule has 0 radical (unpaired) electrons. The third-order valence-electron chi connectivity index (χ3n) is 3.59. The number of nitrogen functional groups attached to an aromatic ring is 2. The van der Waals surface area contributed by atoms with E-state index in [9.17, 15) is 0 Å². The summed E-state index contributed by atoms with van der Waals surface area (Å²) in [5, 5.41) is 0. The van der Waals surface area contributed by atoms with Gasteiger partial charge in [-0.3, -0.25) is 0 Å². The van der Waals surface area contributed by atoms with Crippen LogP contribution in [0.2, 0.25) is 0 Å². The summed E-state index contributed by atoms with van der Waals surface area (Å²) in [5.74, 6) is 7.47. The van der Waals surface area contributed by atoms with Gasteiger partial charge in [0.05, 0.1) is 5.69 Å². The van der Waals surface area contributed by atoms with Crippen molar-refractivity contribution in [2.24, 2.45) is 0 Å². The second-order valence-electron chi connectivity index (χ2n) is 5.35. The van der Waals surface area contributed by atoms with E-state index in [-0.39, 0.29) is 0 Å². The first-order valence-electron chi connectivity index (χ1n) is 7.81. The molecule has 1 heterocycles. The molecule has 4 N–H and O–H groups in total. The molecular weight excluding hydrogens is 236 g/mol. The highest BCUT2D eigenvalue weighted by atomic mass is 15.4. The third kappa shape index (κ3) is 5.13. The molecule has 0 aromatic carbocycles. The molecule has 0 unspecified atom stereocenters. The van der Waals surface area contributed by atoms with Crippen molar-refractivity contribution in [1.82, 2.24) is 9.66 Å². The highest BCUT2D eigenvalue weighted by molar-refractivity contribution is 5.38. The van der Waals surface area contributed by atoms with Gasteiger partial charge in [-0.2, -0.15) is 0 Å². The van der Waals surface area contributed by atoms with Gasteiger partial charge in [-0.25, -0.2) is 9.66 Å². The zero-order chi connectivity index (χ0) is 14.1. The van der Waals surface area contributed by atoms with Crippen LogP contribution in [0, 0.1) is 0 Å². The largest absolute Gasteiger partial charge is 0.382 e. The zero-order valence-electron chi connectivity index (χ0n) is 12.6. The SMILES string of the molecule is CCCCCCCCCc1nc(CCC)n(N)c1N. The first-order chi connectivity index (χ1) is 9.20. The molecule has 0 amide bonds. The molecule has 0 atom stereocenters. The Balaban J connectivity index is 2.27. The standard InChI is InChI=1S/C15H30N4/c1-3-5-6-7-8-9-10-12-13-15(16)19(17)14(18-13)11-4-2/h3-12,16-17H2,1-2H3. The molecule has 1 aromatic heterocycles. The average molecular weight is 266 g/mol. The van der Waals surface area contributed by atoms with Crippen LogP contribution in [-0.4, -0.2) is 9.66 Å². The molecule has 0 spiro atoms. The van der Waals surface area contributed by atoms with Gasteiger partial charge in [0.2, 0.25) is 0 Å². The van der Waals surface area contributed by atoms with E-state index in [1.165, 1.54) is 44.9 Å². The Kier molecular flexibility index (Phi) is 7.38. The maximum atomic E-state index is 5.99. The number of aromatic nitrogens is 2. The number of nitrogens with zero attached hydrogens (tertiary/aromatic N) is 2. The lowest BCUT2D eigenvalue weighted by molar-refractivity contribution is 0.587. The summed E-state index contributed by atoms with van der Waals surface area (Å²) in [6.45, 7) is 4.38. The summed E-state index contributed by atoms with van der Waals surface area (Å²) in [6.07, 6.45) is 12.1. The van der Waals surface area contributed by atoms with Crippen molar-refractivity contribution in [3.63, 3.8) is 0 Å². The molecule has 0 aliphatic rings. The van der Waals surface area contributed by atoms with Gasteiger partial charge < -0.3 is 11.6 Å². The summed E-state index contributed by atoms with van der Waals surface area (Å²) < 4.78 is 1.56. The highest BCUT2D eigenvalue weighted by Crippen LogP contribution is 2.16. The lowest BCUT2D eigenvalue weighted by Gasteiger charge is -2.02. The van der Waals surface area contributed by atoms with Gasteiger partial charge in [0.15, 0.2) is 0 Å². The van der Waals surface area contributed by atoms with Crippen molar-refractivity contribution in [3.05, 3.63) is 11.5 Å². The van der Waals surface area contributed by atoms with Crippen LogP contribution < -0.4 is 11.6 Å². The minimum absolute atomic E-state index is 0.648. The van der Waals surface area contributed by atoms with Gasteiger partial charge >= 0.3 is 0 Å². The topological polar surface area (TPSA) is 69.9 Å². The van der Waals surface area contributed by atoms with E-state index < -0.39 is 0 Å². The Morgan fingerprint density at radius 2 is 1.53 bits per heavy atom. The molecule has 19 heavy (non-hydrogen) atoms. The van der Waals surface area contributed by atoms with Crippen molar-refractivity contribution in [3.8, 4) is 0 Å². The number of aryl methyl sites for hydroxylation is 2. The van der Waals surface area contributed by atoms with E-state index in [1.54, 1.807) is 4.68 Å². The Hall–Kier alpha value is -1.19. The van der Waals surface area contributed by atoms with Crippen LogP contribution in [0.25, 0.3) is 0 Å². The number of anilines is 1. The van der Waals surface area contributed by atoms with Gasteiger partial charge in [0.1, 0.15) is 11.6 Å². The summed E-state index contributed by atoms with van der Waals surface area (Å²) >= 11 is 0. The van der Waals surface area contributed by atoms with Gasteiger partial charge in [-0.1, -0.05) is 52.4 Å². The maximum absolute atomic E-state index is 5.99. The number of imidazole rings is 1. The fraction of sp³-hybridized carbons (Fsp3) is 0.800. The highest BCUT2D eigenvalue weighted by Gasteiger charge is 2.11. The molecule has 0 saturated heterocycles. The number of unbranched alkanes of at least 4 members (excludes halogenated alkanes) is 6. The maximum Gasteiger partial charge on any atom is 0.145 e. The van der Waals surface area contributed by atoms with Crippen molar-refractivity contribution < 1.29 is 0 Å². The van der Waals surface area contributed by atoms with Crippen LogP contribution in [0.1, 0.15) is 76.7 Å². The molecule has 0 fully saturated rings. The fourth-order valence-corrected chi connectivity index (χ4v) is 2.38. The lowest BCUT2D eigenvalue weighted by atomic mass is 10.1. The monoisotopic (exact) mass is 266 g/mol. The van der Waals surface area contributed by atoms with Gasteiger partial charge in [-0.15, -0.1) is 0 Å². The van der Waals surface area contributed by atoms with Crippen molar-refractivity contribution in [2.75, 3.05) is 11.6 Å². The summed E-state index contributed by atoms with van der Waals surface area (Å²) in [6, 6.07) is 0. The number of hydrogen-bond acceptors (Lipinski definition) is 3. The van der Waals surface area contributed by atoms with E-state index in [1.807, 2.05) is 0 Å². The number of rotatable bonds is 10. The molecule has 0 saturated carbocycles. The van der Waals surface area contributed by atoms with E-state index in [2.05, 4.69) is 18.8 Å². The Morgan fingerprint density at radius 3 is 2.16 bits per heavy atom. The second kappa shape index (κ2) is 8.83. The molecule has 4 nitrogen and oxygen atoms in total. The predicted octanol–water partition coefficient (Wildman–Crippen LogP) is 3.42. The van der Waals surface area contributed by atoms with Crippen molar-refractivity contribution >= 4 is 5.82 Å². The summed E-state index contributed by atoms with van der Waals surface area (Å²) in [7, 11) is 0. The number of nitrogens with two attached hydrogens (primary N) is 2. The summed E-state index contributed by atoms with van der Waals surface area (Å²) in [4.78, 5) is 4.56. The van der Waals surface area contributed by atoms with E-state index >= 15 is 0 Å². The first kappa shape index (κ1) is 15.9. The second-order valence-corrected chi connectivity index (χ2v) is 5.35. The molecule has 0 aliphatic heterocycles. The molecule has 0 aliphatic carbocycles. The Labute approximate surface area is 117 Å². The number of hydrogen-bond donors (Lipinski definition) is 2. The average Bonchev–Trinajstić information content (AvgIpc) is 2.67. The van der Waals surface area contributed by atoms with E-state index in [0.717, 1.165) is 30.8 Å². The van der Waals surface area contributed by atoms with E-state index in [4.69, 9.17) is 11.6 Å². The Bertz CT molecular complexity index is 357. The third-order valence-corrected chi connectivity index (χ3v) is 3.59. The van der Waals surface area contributed by atoms with Crippen LogP contribution in [0.15, 0.2) is 0 Å². The van der Waals surface area contributed by atoms with E-state index in [0.29, 0.717) is 5.82 Å². The molecule has 110 valence electrons. The smallest absolute Gasteiger partial charge is 0.145 e. The fourth-order valence-electron chi connectivity index (χ4n) is 2.38. The van der Waals surface area contributed by atoms with Crippen LogP contribution in [-0.2, 0) is 12.8 Å². The normalized spacial score (nSPS) is 11.1.